The Morgan fingerprint density at radius 1 is 1.60 bits per heavy atom. The van der Waals surface area contributed by atoms with Gasteiger partial charge in [-0.25, -0.2) is 9.80 Å². The van der Waals surface area contributed by atoms with Crippen LogP contribution in [0.2, 0.25) is 0 Å². The minimum atomic E-state index is -0.434. The first-order valence-electron chi connectivity index (χ1n) is 3.15. The molecule has 0 saturated heterocycles. The van der Waals surface area contributed by atoms with Gasteiger partial charge in [-0.1, -0.05) is 0 Å². The van der Waals surface area contributed by atoms with E-state index in [9.17, 15) is 4.79 Å². The van der Waals surface area contributed by atoms with E-state index >= 15 is 0 Å². The Kier molecular flexibility index (Phi) is 3.79. The van der Waals surface area contributed by atoms with Gasteiger partial charge in [0.2, 0.25) is 0 Å². The normalized spacial score (nSPS) is 10.2. The second-order valence-corrected chi connectivity index (χ2v) is 2.31. The smallest absolute Gasteiger partial charge is 0.421 e. The molecule has 1 amide bonds. The molecule has 0 fully saturated rings. The van der Waals surface area contributed by atoms with Gasteiger partial charge in [-0.2, -0.15) is 0 Å². The molecule has 0 aliphatic rings. The molecule has 0 aromatic heterocycles. The number of hydrogen-bond acceptors (Lipinski definition) is 3. The molecule has 0 spiro atoms. The lowest BCUT2D eigenvalue weighted by Gasteiger charge is -2.20. The van der Waals surface area contributed by atoms with Crippen LogP contribution in [0.1, 0.15) is 13.8 Å². The molecule has 0 aromatic carbocycles. The third-order valence-electron chi connectivity index (χ3n) is 1.23. The molecule has 0 aliphatic carbocycles. The summed E-state index contributed by atoms with van der Waals surface area (Å²) in [6.07, 6.45) is -0.434. The molecular formula is C6H14N2O2. The number of methoxy groups -OCH3 is 1. The molecule has 10 heavy (non-hydrogen) atoms. The van der Waals surface area contributed by atoms with E-state index in [1.165, 1.54) is 7.11 Å². The third kappa shape index (κ3) is 3.29. The molecule has 4 nitrogen and oxygen atoms in total. The van der Waals surface area contributed by atoms with Gasteiger partial charge < -0.3 is 4.74 Å². The number of nitrogens with one attached hydrogen (secondary N) is 1. The maximum atomic E-state index is 10.6. The first-order valence-corrected chi connectivity index (χ1v) is 3.15. The summed E-state index contributed by atoms with van der Waals surface area (Å²) in [5, 5.41) is 1.67. The van der Waals surface area contributed by atoms with Gasteiger partial charge in [-0.05, 0) is 13.8 Å². The number of carbonyl (C=O) groups is 1. The van der Waals surface area contributed by atoms with Crippen molar-refractivity contribution >= 4 is 6.09 Å². The summed E-state index contributed by atoms with van der Waals surface area (Å²) in [5.74, 6) is 0. The van der Waals surface area contributed by atoms with E-state index in [-0.39, 0.29) is 6.04 Å². The molecule has 0 aliphatic heterocycles. The van der Waals surface area contributed by atoms with Gasteiger partial charge in [0.15, 0.2) is 0 Å². The van der Waals surface area contributed by atoms with E-state index in [0.717, 1.165) is 0 Å². The van der Waals surface area contributed by atoms with Gasteiger partial charge in [0, 0.05) is 13.1 Å². The van der Waals surface area contributed by atoms with E-state index in [0.29, 0.717) is 0 Å². The largest absolute Gasteiger partial charge is 0.452 e. The zero-order chi connectivity index (χ0) is 8.15. The van der Waals surface area contributed by atoms with Gasteiger partial charge >= 0.3 is 6.09 Å². The zero-order valence-corrected chi connectivity index (χ0v) is 6.84. The van der Waals surface area contributed by atoms with Gasteiger partial charge in [-0.3, -0.25) is 5.43 Å². The number of rotatable bonds is 2. The van der Waals surface area contributed by atoms with Crippen molar-refractivity contribution < 1.29 is 9.53 Å². The van der Waals surface area contributed by atoms with E-state index in [4.69, 9.17) is 0 Å². The van der Waals surface area contributed by atoms with Crippen molar-refractivity contribution in [3.8, 4) is 0 Å². The molecule has 60 valence electrons. The van der Waals surface area contributed by atoms with Crippen LogP contribution in [0.3, 0.4) is 0 Å². The molecule has 0 unspecified atom stereocenters. The molecule has 0 saturated carbocycles. The average molecular weight is 146 g/mol. The highest BCUT2D eigenvalue weighted by Crippen LogP contribution is 1.87. The molecule has 1 N–H and O–H groups in total. The summed E-state index contributed by atoms with van der Waals surface area (Å²) in [7, 11) is 3.12. The Hall–Kier alpha value is -0.770. The fraction of sp³-hybridized carbons (Fsp3) is 0.833. The molecule has 4 heteroatoms. The molecule has 0 bridgehead atoms. The molecule has 0 heterocycles. The van der Waals surface area contributed by atoms with Crippen molar-refractivity contribution in [2.24, 2.45) is 0 Å². The summed E-state index contributed by atoms with van der Waals surface area (Å²) in [5.41, 5.74) is 2.50. The Morgan fingerprint density at radius 2 is 2.10 bits per heavy atom. The topological polar surface area (TPSA) is 41.6 Å². The van der Waals surface area contributed by atoms with E-state index in [1.54, 1.807) is 12.1 Å². The van der Waals surface area contributed by atoms with Gasteiger partial charge in [0.05, 0.1) is 7.11 Å². The average Bonchev–Trinajstić information content (AvgIpc) is 1.87. The number of nitrogens with zero attached hydrogens (tertiary/aromatic N) is 1. The Morgan fingerprint density at radius 3 is 2.40 bits per heavy atom. The number of hydrazine groups is 1. The third-order valence-corrected chi connectivity index (χ3v) is 1.23. The fourth-order valence-electron chi connectivity index (χ4n) is 0.319. The standard InChI is InChI=1S/C6H14N2O2/c1-5(2)8(3)7-6(9)10-4/h5H,1-4H3,(H,7,9). The van der Waals surface area contributed by atoms with Gasteiger partial charge in [-0.15, -0.1) is 0 Å². The van der Waals surface area contributed by atoms with Gasteiger partial charge in [0.1, 0.15) is 0 Å². The van der Waals surface area contributed by atoms with Crippen molar-refractivity contribution in [1.82, 2.24) is 10.4 Å². The zero-order valence-electron chi connectivity index (χ0n) is 6.84. The second-order valence-electron chi connectivity index (χ2n) is 2.31. The van der Waals surface area contributed by atoms with Crippen molar-refractivity contribution in [3.05, 3.63) is 0 Å². The lowest BCUT2D eigenvalue weighted by molar-refractivity contribution is 0.121. The predicted molar refractivity (Wildman–Crippen MR) is 38.4 cm³/mol. The minimum Gasteiger partial charge on any atom is -0.452 e. The highest BCUT2D eigenvalue weighted by Gasteiger charge is 2.05. The van der Waals surface area contributed by atoms with Crippen molar-refractivity contribution in [2.75, 3.05) is 14.2 Å². The molecule has 0 aromatic rings. The SMILES string of the molecule is COC(=O)NN(C)C(C)C. The van der Waals surface area contributed by atoms with Crippen LogP contribution >= 0.6 is 0 Å². The lowest BCUT2D eigenvalue weighted by atomic mass is 10.4. The Labute approximate surface area is 61.1 Å². The number of ether oxygens (including phenoxy) is 1. The van der Waals surface area contributed by atoms with Crippen molar-refractivity contribution in [1.29, 1.82) is 0 Å². The first-order chi connectivity index (χ1) is 4.57. The summed E-state index contributed by atoms with van der Waals surface area (Å²) in [6.45, 7) is 3.94. The summed E-state index contributed by atoms with van der Waals surface area (Å²) >= 11 is 0. The van der Waals surface area contributed by atoms with E-state index in [2.05, 4.69) is 10.2 Å². The highest BCUT2D eigenvalue weighted by molar-refractivity contribution is 5.66. The molecule has 0 radical (unpaired) electrons. The van der Waals surface area contributed by atoms with Crippen LogP contribution in [-0.2, 0) is 4.74 Å². The molecule has 0 atom stereocenters. The van der Waals surface area contributed by atoms with Crippen LogP contribution < -0.4 is 5.43 Å². The van der Waals surface area contributed by atoms with Crippen molar-refractivity contribution in [2.45, 2.75) is 19.9 Å². The Bertz CT molecular complexity index is 114. The monoisotopic (exact) mass is 146 g/mol. The van der Waals surface area contributed by atoms with Crippen molar-refractivity contribution in [3.63, 3.8) is 0 Å². The Balaban J connectivity index is 3.57. The van der Waals surface area contributed by atoms with Gasteiger partial charge in [0.25, 0.3) is 0 Å². The first kappa shape index (κ1) is 9.23. The fourth-order valence-corrected chi connectivity index (χ4v) is 0.319. The predicted octanol–water partition coefficient (Wildman–Crippen LogP) is 0.598. The maximum absolute atomic E-state index is 10.6. The quantitative estimate of drug-likeness (QED) is 0.580. The number of hydrogen-bond donors (Lipinski definition) is 1. The van der Waals surface area contributed by atoms with E-state index in [1.807, 2.05) is 13.8 Å². The van der Waals surface area contributed by atoms with E-state index < -0.39 is 6.09 Å². The highest BCUT2D eigenvalue weighted by atomic mass is 16.5. The van der Waals surface area contributed by atoms with Crippen LogP contribution in [0, 0.1) is 0 Å². The lowest BCUT2D eigenvalue weighted by Crippen LogP contribution is -2.43. The summed E-state index contributed by atoms with van der Waals surface area (Å²) in [4.78, 5) is 10.6. The van der Waals surface area contributed by atoms with Crippen LogP contribution in [0.25, 0.3) is 0 Å². The number of amides is 1. The molecular weight excluding hydrogens is 132 g/mol. The minimum absolute atomic E-state index is 0.277. The molecule has 0 rings (SSSR count). The summed E-state index contributed by atoms with van der Waals surface area (Å²) in [6, 6.07) is 0.277. The summed E-state index contributed by atoms with van der Waals surface area (Å²) < 4.78 is 4.38. The van der Waals surface area contributed by atoms with Crippen LogP contribution in [0.5, 0.6) is 0 Å². The second kappa shape index (κ2) is 4.11. The van der Waals surface area contributed by atoms with Crippen LogP contribution in [0.15, 0.2) is 0 Å². The van der Waals surface area contributed by atoms with Crippen LogP contribution in [-0.4, -0.2) is 31.3 Å². The van der Waals surface area contributed by atoms with Crippen LogP contribution in [0.4, 0.5) is 4.79 Å². The number of carbonyl (C=O) groups excluding carboxylic acids is 1. The maximum Gasteiger partial charge on any atom is 0.421 e.